The molecule has 3 rings (SSSR count). The van der Waals surface area contributed by atoms with Gasteiger partial charge in [0.05, 0.1) is 0 Å². The highest BCUT2D eigenvalue weighted by atomic mass is 16.2. The van der Waals surface area contributed by atoms with Gasteiger partial charge in [0.15, 0.2) is 0 Å². The van der Waals surface area contributed by atoms with Crippen molar-refractivity contribution in [2.75, 3.05) is 6.54 Å². The minimum Gasteiger partial charge on any atom is -0.361 e. The van der Waals surface area contributed by atoms with Crippen LogP contribution in [0.25, 0.3) is 10.9 Å². The lowest BCUT2D eigenvalue weighted by Crippen LogP contribution is -2.48. The lowest BCUT2D eigenvalue weighted by molar-refractivity contribution is -0.123. The molecule has 126 valence electrons. The second kappa shape index (κ2) is 6.74. The van der Waals surface area contributed by atoms with Crippen molar-refractivity contribution < 1.29 is 14.4 Å². The largest absolute Gasteiger partial charge is 0.361 e. The van der Waals surface area contributed by atoms with Gasteiger partial charge in [-0.3, -0.25) is 14.9 Å². The molecule has 0 radical (unpaired) electrons. The van der Waals surface area contributed by atoms with E-state index in [0.29, 0.717) is 19.4 Å². The predicted octanol–water partition coefficient (Wildman–Crippen LogP) is 1.12. The second-order valence-electron chi connectivity index (χ2n) is 5.97. The fraction of sp³-hybridized carbons (Fsp3) is 0.353. The van der Waals surface area contributed by atoms with Crippen LogP contribution in [0.1, 0.15) is 24.0 Å². The maximum absolute atomic E-state index is 12.2. The molecule has 2 heterocycles. The van der Waals surface area contributed by atoms with Crippen molar-refractivity contribution in [2.24, 2.45) is 0 Å². The van der Waals surface area contributed by atoms with E-state index in [1.807, 2.05) is 12.3 Å². The van der Waals surface area contributed by atoms with Gasteiger partial charge >= 0.3 is 6.03 Å². The Kier molecular flexibility index (Phi) is 4.50. The van der Waals surface area contributed by atoms with Gasteiger partial charge in [-0.05, 0) is 30.9 Å². The van der Waals surface area contributed by atoms with Gasteiger partial charge in [0.1, 0.15) is 6.04 Å². The number of rotatable bonds is 4. The third kappa shape index (κ3) is 3.40. The summed E-state index contributed by atoms with van der Waals surface area (Å²) >= 11 is 0. The highest BCUT2D eigenvalue weighted by Gasteiger charge is 2.25. The number of imide groups is 1. The molecule has 1 aliphatic heterocycles. The standard InChI is InChI=1S/C17H20N4O3/c1-10-3-2-4-12-11(9-19-15(10)12)7-8-18-16(23)13-5-6-14(22)21-17(24)20-13/h2-4,9,13,19H,5-8H2,1H3,(H,18,23)(H2,20,21,22,24). The summed E-state index contributed by atoms with van der Waals surface area (Å²) in [6.07, 6.45) is 3.10. The van der Waals surface area contributed by atoms with Gasteiger partial charge in [-0.2, -0.15) is 0 Å². The van der Waals surface area contributed by atoms with Crippen LogP contribution in [0.3, 0.4) is 0 Å². The molecule has 0 bridgehead atoms. The van der Waals surface area contributed by atoms with E-state index >= 15 is 0 Å². The van der Waals surface area contributed by atoms with Crippen LogP contribution in [0.15, 0.2) is 24.4 Å². The van der Waals surface area contributed by atoms with Gasteiger partial charge in [-0.15, -0.1) is 0 Å². The van der Waals surface area contributed by atoms with Crippen molar-refractivity contribution in [2.45, 2.75) is 32.2 Å². The smallest absolute Gasteiger partial charge is 0.322 e. The third-order valence-corrected chi connectivity index (χ3v) is 4.24. The molecule has 1 atom stereocenters. The summed E-state index contributed by atoms with van der Waals surface area (Å²) in [5.74, 6) is -0.632. The number of aryl methyl sites for hydroxylation is 1. The summed E-state index contributed by atoms with van der Waals surface area (Å²) in [6, 6.07) is 4.82. The number of aromatic amines is 1. The molecule has 0 spiro atoms. The van der Waals surface area contributed by atoms with Crippen LogP contribution in [-0.4, -0.2) is 35.4 Å². The van der Waals surface area contributed by atoms with Gasteiger partial charge in [-0.25, -0.2) is 4.79 Å². The minimum absolute atomic E-state index is 0.151. The number of hydrogen-bond acceptors (Lipinski definition) is 3. The summed E-state index contributed by atoms with van der Waals surface area (Å²) in [5, 5.41) is 8.64. The number of para-hydroxylation sites is 1. The zero-order valence-corrected chi connectivity index (χ0v) is 13.4. The molecule has 0 saturated carbocycles. The number of fused-ring (bicyclic) bond motifs is 1. The van der Waals surface area contributed by atoms with Gasteiger partial charge in [0.25, 0.3) is 0 Å². The maximum Gasteiger partial charge on any atom is 0.322 e. The number of H-pyrrole nitrogens is 1. The Labute approximate surface area is 139 Å². The van der Waals surface area contributed by atoms with Crippen LogP contribution >= 0.6 is 0 Å². The fourth-order valence-corrected chi connectivity index (χ4v) is 2.94. The first-order chi connectivity index (χ1) is 11.5. The predicted molar refractivity (Wildman–Crippen MR) is 89.4 cm³/mol. The molecule has 0 aliphatic carbocycles. The van der Waals surface area contributed by atoms with Crippen molar-refractivity contribution in [3.63, 3.8) is 0 Å². The van der Waals surface area contributed by atoms with Gasteiger partial charge in [-0.1, -0.05) is 18.2 Å². The average Bonchev–Trinajstić information content (AvgIpc) is 2.87. The molecule has 7 heteroatoms. The number of aromatic nitrogens is 1. The third-order valence-electron chi connectivity index (χ3n) is 4.24. The zero-order chi connectivity index (χ0) is 17.1. The molecule has 4 amide bonds. The van der Waals surface area contributed by atoms with Crippen molar-refractivity contribution in [3.05, 3.63) is 35.5 Å². The fourth-order valence-electron chi connectivity index (χ4n) is 2.94. The summed E-state index contributed by atoms with van der Waals surface area (Å²) in [7, 11) is 0. The second-order valence-corrected chi connectivity index (χ2v) is 5.97. The first kappa shape index (κ1) is 16.0. The molecule has 1 saturated heterocycles. The normalized spacial score (nSPS) is 18.0. The number of benzene rings is 1. The molecule has 7 nitrogen and oxygen atoms in total. The van der Waals surface area contributed by atoms with Gasteiger partial charge < -0.3 is 15.6 Å². The maximum atomic E-state index is 12.2. The monoisotopic (exact) mass is 328 g/mol. The number of hydrogen-bond donors (Lipinski definition) is 4. The van der Waals surface area contributed by atoms with E-state index in [0.717, 1.165) is 16.5 Å². The van der Waals surface area contributed by atoms with E-state index in [1.54, 1.807) is 0 Å². The number of carbonyl (C=O) groups excluding carboxylic acids is 3. The molecule has 1 aromatic heterocycles. The van der Waals surface area contributed by atoms with E-state index in [4.69, 9.17) is 0 Å². The topological polar surface area (TPSA) is 103 Å². The molecule has 2 aromatic rings. The highest BCUT2D eigenvalue weighted by molar-refractivity contribution is 5.98. The van der Waals surface area contributed by atoms with Crippen LogP contribution in [0.4, 0.5) is 4.79 Å². The summed E-state index contributed by atoms with van der Waals surface area (Å²) < 4.78 is 0. The first-order valence-electron chi connectivity index (χ1n) is 7.98. The SMILES string of the molecule is Cc1cccc2c(CCNC(=O)C3CCC(=O)NC(=O)N3)c[nH]c12. The minimum atomic E-state index is -0.679. The summed E-state index contributed by atoms with van der Waals surface area (Å²) in [5.41, 5.74) is 3.43. The zero-order valence-electron chi connectivity index (χ0n) is 13.4. The Morgan fingerprint density at radius 3 is 3.00 bits per heavy atom. The number of nitrogens with one attached hydrogen (secondary N) is 4. The van der Waals surface area contributed by atoms with E-state index in [2.05, 4.69) is 40.0 Å². The quantitative estimate of drug-likeness (QED) is 0.676. The lowest BCUT2D eigenvalue weighted by Gasteiger charge is -2.14. The van der Waals surface area contributed by atoms with Crippen molar-refractivity contribution in [3.8, 4) is 0 Å². The number of amides is 4. The lowest BCUT2D eigenvalue weighted by atomic mass is 10.1. The van der Waals surface area contributed by atoms with E-state index in [1.165, 1.54) is 5.56 Å². The van der Waals surface area contributed by atoms with Crippen LogP contribution < -0.4 is 16.0 Å². The first-order valence-corrected chi connectivity index (χ1v) is 7.98. The number of urea groups is 1. The van der Waals surface area contributed by atoms with Crippen molar-refractivity contribution >= 4 is 28.7 Å². The summed E-state index contributed by atoms with van der Waals surface area (Å²) in [4.78, 5) is 38.1. The average molecular weight is 328 g/mol. The molecule has 24 heavy (non-hydrogen) atoms. The number of carbonyl (C=O) groups is 3. The Bertz CT molecular complexity index is 796. The molecular formula is C17H20N4O3. The highest BCUT2D eigenvalue weighted by Crippen LogP contribution is 2.21. The Morgan fingerprint density at radius 2 is 2.17 bits per heavy atom. The molecule has 1 fully saturated rings. The van der Waals surface area contributed by atoms with Crippen LogP contribution in [0.2, 0.25) is 0 Å². The Morgan fingerprint density at radius 1 is 1.33 bits per heavy atom. The molecule has 1 unspecified atom stereocenters. The molecule has 4 N–H and O–H groups in total. The molecule has 1 aromatic carbocycles. The molecule has 1 aliphatic rings. The van der Waals surface area contributed by atoms with Crippen molar-refractivity contribution in [1.29, 1.82) is 0 Å². The van der Waals surface area contributed by atoms with E-state index in [9.17, 15) is 14.4 Å². The van der Waals surface area contributed by atoms with Crippen LogP contribution in [0, 0.1) is 6.92 Å². The summed E-state index contributed by atoms with van der Waals surface area (Å²) in [6.45, 7) is 2.52. The van der Waals surface area contributed by atoms with Crippen LogP contribution in [0.5, 0.6) is 0 Å². The van der Waals surface area contributed by atoms with E-state index in [-0.39, 0.29) is 18.2 Å². The van der Waals surface area contributed by atoms with Crippen molar-refractivity contribution in [1.82, 2.24) is 20.9 Å². The van der Waals surface area contributed by atoms with Gasteiger partial charge in [0, 0.05) is 30.1 Å². The Hall–Kier alpha value is -2.83. The molecular weight excluding hydrogens is 308 g/mol. The van der Waals surface area contributed by atoms with Gasteiger partial charge in [0.2, 0.25) is 11.8 Å². The van der Waals surface area contributed by atoms with E-state index < -0.39 is 12.1 Å². The Balaban J connectivity index is 1.57. The van der Waals surface area contributed by atoms with Crippen LogP contribution in [-0.2, 0) is 16.0 Å².